The summed E-state index contributed by atoms with van der Waals surface area (Å²) in [5, 5.41) is 0.281. The Morgan fingerprint density at radius 2 is 1.78 bits per heavy atom. The number of anilines is 1. The van der Waals surface area contributed by atoms with Gasteiger partial charge in [-0.3, -0.25) is 4.72 Å². The van der Waals surface area contributed by atoms with E-state index in [9.17, 15) is 8.42 Å². The molecule has 1 N–H and O–H groups in total. The van der Waals surface area contributed by atoms with Crippen LogP contribution in [0.3, 0.4) is 0 Å². The molecule has 2 aromatic rings. The van der Waals surface area contributed by atoms with Crippen molar-refractivity contribution in [3.05, 3.63) is 53.2 Å². The van der Waals surface area contributed by atoms with Crippen LogP contribution >= 0.6 is 11.6 Å². The summed E-state index contributed by atoms with van der Waals surface area (Å²) in [5.74, 6) is 0.203. The molecule has 0 saturated heterocycles. The van der Waals surface area contributed by atoms with E-state index in [0.717, 1.165) is 5.56 Å². The maximum atomic E-state index is 12.0. The Kier molecular flexibility index (Phi) is 3.54. The average molecular weight is 283 g/mol. The number of aryl methyl sites for hydroxylation is 1. The van der Waals surface area contributed by atoms with Crippen molar-refractivity contribution in [1.29, 1.82) is 0 Å². The summed E-state index contributed by atoms with van der Waals surface area (Å²) in [5.41, 5.74) is 0.791. The fourth-order valence-electron chi connectivity index (χ4n) is 1.36. The van der Waals surface area contributed by atoms with Crippen LogP contribution in [-0.2, 0) is 10.0 Å². The number of aromatic nitrogens is 1. The van der Waals surface area contributed by atoms with Crippen molar-refractivity contribution < 1.29 is 8.42 Å². The fraction of sp³-hybridized carbons (Fsp3) is 0.0833. The summed E-state index contributed by atoms with van der Waals surface area (Å²) in [6.45, 7) is 1.80. The molecule has 0 spiro atoms. The van der Waals surface area contributed by atoms with Crippen LogP contribution in [0.15, 0.2) is 47.4 Å². The lowest BCUT2D eigenvalue weighted by molar-refractivity contribution is 0.601. The first-order valence-electron chi connectivity index (χ1n) is 5.20. The van der Waals surface area contributed by atoms with Gasteiger partial charge in [0, 0.05) is 0 Å². The molecule has 0 bridgehead atoms. The predicted molar refractivity (Wildman–Crippen MR) is 71.2 cm³/mol. The molecule has 0 unspecified atom stereocenters. The third-order valence-corrected chi connectivity index (χ3v) is 4.08. The average Bonchev–Trinajstić information content (AvgIpc) is 2.35. The Labute approximate surface area is 111 Å². The molecule has 0 aliphatic carbocycles. The van der Waals surface area contributed by atoms with Gasteiger partial charge in [-0.2, -0.15) is 0 Å². The maximum Gasteiger partial charge on any atom is 0.263 e. The van der Waals surface area contributed by atoms with Gasteiger partial charge in [0.05, 0.1) is 4.90 Å². The highest BCUT2D eigenvalue weighted by Gasteiger charge is 2.14. The predicted octanol–water partition coefficient (Wildman–Crippen LogP) is 2.84. The summed E-state index contributed by atoms with van der Waals surface area (Å²) in [7, 11) is -3.61. The number of hydrogen-bond acceptors (Lipinski definition) is 3. The summed E-state index contributed by atoms with van der Waals surface area (Å²) in [6.07, 6.45) is 0. The first-order valence-corrected chi connectivity index (χ1v) is 7.06. The van der Waals surface area contributed by atoms with Crippen LogP contribution in [0, 0.1) is 6.92 Å². The lowest BCUT2D eigenvalue weighted by atomic mass is 10.3. The number of halogens is 1. The van der Waals surface area contributed by atoms with Crippen LogP contribution < -0.4 is 4.72 Å². The molecule has 18 heavy (non-hydrogen) atoms. The summed E-state index contributed by atoms with van der Waals surface area (Å²) in [4.78, 5) is 4.14. The van der Waals surface area contributed by atoms with Crippen molar-refractivity contribution >= 4 is 27.4 Å². The Bertz CT molecular complexity index is 657. The zero-order valence-electron chi connectivity index (χ0n) is 9.59. The molecule has 4 nitrogen and oxygen atoms in total. The van der Waals surface area contributed by atoms with Gasteiger partial charge < -0.3 is 0 Å². The van der Waals surface area contributed by atoms with E-state index in [0.29, 0.717) is 0 Å². The Balaban J connectivity index is 2.31. The van der Waals surface area contributed by atoms with E-state index in [-0.39, 0.29) is 15.9 Å². The van der Waals surface area contributed by atoms with Crippen molar-refractivity contribution in [2.45, 2.75) is 11.8 Å². The lowest BCUT2D eigenvalue weighted by Gasteiger charge is -2.08. The van der Waals surface area contributed by atoms with Gasteiger partial charge in [0.15, 0.2) is 0 Å². The second-order valence-corrected chi connectivity index (χ2v) is 5.76. The Hall–Kier alpha value is -1.59. The van der Waals surface area contributed by atoms with Gasteiger partial charge in [-0.1, -0.05) is 35.9 Å². The quantitative estimate of drug-likeness (QED) is 0.881. The fourth-order valence-corrected chi connectivity index (χ4v) is 2.53. The molecule has 0 fully saturated rings. The smallest absolute Gasteiger partial charge is 0.263 e. The van der Waals surface area contributed by atoms with E-state index in [2.05, 4.69) is 9.71 Å². The Morgan fingerprint density at radius 3 is 2.39 bits per heavy atom. The number of nitrogens with one attached hydrogen (secondary N) is 1. The second kappa shape index (κ2) is 4.96. The highest BCUT2D eigenvalue weighted by Crippen LogP contribution is 2.18. The van der Waals surface area contributed by atoms with Gasteiger partial charge in [0.2, 0.25) is 0 Å². The minimum atomic E-state index is -3.61. The molecule has 94 valence electrons. The molecule has 0 saturated carbocycles. The van der Waals surface area contributed by atoms with Crippen molar-refractivity contribution in [1.82, 2.24) is 4.98 Å². The third-order valence-electron chi connectivity index (χ3n) is 2.33. The minimum Gasteiger partial charge on any atom is -0.263 e. The first kappa shape index (κ1) is 12.9. The Morgan fingerprint density at radius 1 is 1.11 bits per heavy atom. The van der Waals surface area contributed by atoms with Crippen molar-refractivity contribution in [2.24, 2.45) is 0 Å². The largest absolute Gasteiger partial charge is 0.263 e. The molecule has 0 aliphatic rings. The maximum absolute atomic E-state index is 12.0. The van der Waals surface area contributed by atoms with Crippen molar-refractivity contribution in [3.63, 3.8) is 0 Å². The van der Waals surface area contributed by atoms with Gasteiger partial charge in [0.1, 0.15) is 11.0 Å². The zero-order chi connectivity index (χ0) is 13.2. The van der Waals surface area contributed by atoms with E-state index >= 15 is 0 Å². The zero-order valence-corrected chi connectivity index (χ0v) is 11.2. The van der Waals surface area contributed by atoms with E-state index in [1.165, 1.54) is 12.1 Å². The van der Waals surface area contributed by atoms with Crippen LogP contribution in [0.1, 0.15) is 5.56 Å². The second-order valence-electron chi connectivity index (χ2n) is 3.72. The molecule has 1 aromatic heterocycles. The first-order chi connectivity index (χ1) is 8.49. The topological polar surface area (TPSA) is 59.1 Å². The summed E-state index contributed by atoms with van der Waals surface area (Å²) >= 11 is 5.84. The van der Waals surface area contributed by atoms with Gasteiger partial charge >= 0.3 is 0 Å². The normalized spacial score (nSPS) is 11.2. The molecule has 1 heterocycles. The molecule has 0 aliphatic heterocycles. The number of pyridine rings is 1. The van der Waals surface area contributed by atoms with E-state index in [4.69, 9.17) is 11.6 Å². The molecule has 0 radical (unpaired) electrons. The van der Waals surface area contributed by atoms with Gasteiger partial charge in [0.25, 0.3) is 10.0 Å². The number of rotatable bonds is 3. The van der Waals surface area contributed by atoms with Crippen LogP contribution in [0.25, 0.3) is 0 Å². The molecule has 0 amide bonds. The van der Waals surface area contributed by atoms with Crippen molar-refractivity contribution in [2.75, 3.05) is 4.72 Å². The molecule has 1 aromatic carbocycles. The molecule has 2 rings (SSSR count). The van der Waals surface area contributed by atoms with Crippen LogP contribution in [0.4, 0.5) is 5.82 Å². The number of benzene rings is 1. The SMILES string of the molecule is Cc1ccc(NS(=O)(=O)c2ccccc2)nc1Cl. The van der Waals surface area contributed by atoms with Crippen LogP contribution in [-0.4, -0.2) is 13.4 Å². The minimum absolute atomic E-state index is 0.184. The van der Waals surface area contributed by atoms with Gasteiger partial charge in [-0.25, -0.2) is 13.4 Å². The molecule has 0 atom stereocenters. The number of sulfonamides is 1. The van der Waals surface area contributed by atoms with E-state index in [1.807, 2.05) is 0 Å². The van der Waals surface area contributed by atoms with Gasteiger partial charge in [-0.05, 0) is 30.7 Å². The third kappa shape index (κ3) is 2.80. The van der Waals surface area contributed by atoms with Gasteiger partial charge in [-0.15, -0.1) is 0 Å². The number of nitrogens with zero attached hydrogens (tertiary/aromatic N) is 1. The van der Waals surface area contributed by atoms with Crippen LogP contribution in [0.5, 0.6) is 0 Å². The highest BCUT2D eigenvalue weighted by molar-refractivity contribution is 7.92. The highest BCUT2D eigenvalue weighted by atomic mass is 35.5. The van der Waals surface area contributed by atoms with E-state index < -0.39 is 10.0 Å². The standard InChI is InChI=1S/C12H11ClN2O2S/c1-9-7-8-11(14-12(9)13)15-18(16,17)10-5-3-2-4-6-10/h2-8H,1H3,(H,14,15). The van der Waals surface area contributed by atoms with Crippen molar-refractivity contribution in [3.8, 4) is 0 Å². The molecular weight excluding hydrogens is 272 g/mol. The lowest BCUT2D eigenvalue weighted by Crippen LogP contribution is -2.13. The van der Waals surface area contributed by atoms with E-state index in [1.54, 1.807) is 37.3 Å². The monoisotopic (exact) mass is 282 g/mol. The molecule has 6 heteroatoms. The summed E-state index contributed by atoms with van der Waals surface area (Å²) < 4.78 is 26.4. The summed E-state index contributed by atoms with van der Waals surface area (Å²) in [6, 6.07) is 11.4. The van der Waals surface area contributed by atoms with Crippen LogP contribution in [0.2, 0.25) is 5.15 Å². The number of hydrogen-bond donors (Lipinski definition) is 1. The molecular formula is C12H11ClN2O2S.